The number of carbonyl (C=O) groups excluding carboxylic acids is 1. The van der Waals surface area contributed by atoms with E-state index in [9.17, 15) is 13.2 Å². The number of benzene rings is 1. The molecule has 0 aliphatic heterocycles. The molecule has 8 heteroatoms. The van der Waals surface area contributed by atoms with Crippen molar-refractivity contribution < 1.29 is 13.2 Å². The zero-order valence-corrected chi connectivity index (χ0v) is 16.2. The van der Waals surface area contributed by atoms with Crippen LogP contribution in [0.15, 0.2) is 46.7 Å². The normalized spacial score (nSPS) is 12.6. The Bertz CT molecular complexity index is 804. The molecule has 0 aliphatic rings. The summed E-state index contributed by atoms with van der Waals surface area (Å²) in [5.74, 6) is 0. The van der Waals surface area contributed by atoms with Gasteiger partial charge in [0.05, 0.1) is 17.5 Å². The van der Waals surface area contributed by atoms with Gasteiger partial charge < -0.3 is 10.2 Å². The molecule has 6 nitrogen and oxygen atoms in total. The Hall–Kier alpha value is -1.90. The van der Waals surface area contributed by atoms with Gasteiger partial charge in [0.2, 0.25) is 10.0 Å². The van der Waals surface area contributed by atoms with Crippen LogP contribution in [0.25, 0.3) is 0 Å². The Morgan fingerprint density at radius 3 is 2.64 bits per heavy atom. The van der Waals surface area contributed by atoms with E-state index in [2.05, 4.69) is 10.0 Å². The molecule has 0 aliphatic carbocycles. The summed E-state index contributed by atoms with van der Waals surface area (Å²) in [6, 6.07) is 10.0. The van der Waals surface area contributed by atoms with Crippen LogP contribution in [0, 0.1) is 0 Å². The van der Waals surface area contributed by atoms with Gasteiger partial charge in [-0.15, -0.1) is 11.3 Å². The summed E-state index contributed by atoms with van der Waals surface area (Å²) >= 11 is 1.61. The zero-order chi connectivity index (χ0) is 18.4. The van der Waals surface area contributed by atoms with Crippen LogP contribution in [0.3, 0.4) is 0 Å². The fourth-order valence-electron chi connectivity index (χ4n) is 2.35. The van der Waals surface area contributed by atoms with Crippen molar-refractivity contribution in [2.75, 3.05) is 13.6 Å². The Morgan fingerprint density at radius 2 is 2.04 bits per heavy atom. The lowest BCUT2D eigenvalue weighted by molar-refractivity contribution is 0.195. The molecule has 1 aromatic carbocycles. The van der Waals surface area contributed by atoms with E-state index in [1.165, 1.54) is 13.1 Å². The first kappa shape index (κ1) is 19.4. The Morgan fingerprint density at radius 1 is 1.28 bits per heavy atom. The van der Waals surface area contributed by atoms with Crippen LogP contribution < -0.4 is 10.0 Å². The highest BCUT2D eigenvalue weighted by molar-refractivity contribution is 7.89. The van der Waals surface area contributed by atoms with Crippen molar-refractivity contribution >= 4 is 27.4 Å². The molecule has 25 heavy (non-hydrogen) atoms. The van der Waals surface area contributed by atoms with Crippen molar-refractivity contribution in [3.05, 3.63) is 52.2 Å². The van der Waals surface area contributed by atoms with E-state index in [-0.39, 0.29) is 17.0 Å². The largest absolute Gasteiger partial charge is 0.331 e. The monoisotopic (exact) mass is 381 g/mol. The van der Waals surface area contributed by atoms with Gasteiger partial charge in [-0.25, -0.2) is 17.9 Å². The highest BCUT2D eigenvalue weighted by Gasteiger charge is 2.18. The highest BCUT2D eigenvalue weighted by Crippen LogP contribution is 2.18. The lowest BCUT2D eigenvalue weighted by Crippen LogP contribution is -2.40. The fraction of sp³-hybridized carbons (Fsp3) is 0.353. The number of carbonyl (C=O) groups is 1. The van der Waals surface area contributed by atoms with Crippen LogP contribution in [0.2, 0.25) is 0 Å². The number of urea groups is 1. The number of nitrogens with zero attached hydrogens (tertiary/aromatic N) is 1. The Labute approximate surface area is 152 Å². The Kier molecular flexibility index (Phi) is 6.57. The van der Waals surface area contributed by atoms with Crippen molar-refractivity contribution in [2.24, 2.45) is 0 Å². The van der Waals surface area contributed by atoms with E-state index in [1.54, 1.807) is 34.4 Å². The van der Waals surface area contributed by atoms with Crippen molar-refractivity contribution in [3.8, 4) is 0 Å². The molecular weight excluding hydrogens is 358 g/mol. The molecule has 1 unspecified atom stereocenters. The Balaban J connectivity index is 2.09. The molecule has 1 heterocycles. The number of nitrogens with one attached hydrogen (secondary N) is 2. The minimum absolute atomic E-state index is 0.176. The molecule has 2 amide bonds. The molecule has 0 saturated heterocycles. The average Bonchev–Trinajstić information content (AvgIpc) is 3.12. The molecule has 2 rings (SSSR count). The van der Waals surface area contributed by atoms with Gasteiger partial charge in [-0.05, 0) is 50.0 Å². The molecule has 0 bridgehead atoms. The topological polar surface area (TPSA) is 78.5 Å². The number of amides is 2. The van der Waals surface area contributed by atoms with E-state index < -0.39 is 10.0 Å². The minimum Gasteiger partial charge on any atom is -0.331 e. The van der Waals surface area contributed by atoms with Crippen LogP contribution in [0.4, 0.5) is 4.79 Å². The molecule has 2 N–H and O–H groups in total. The fourth-order valence-corrected chi connectivity index (χ4v) is 3.85. The summed E-state index contributed by atoms with van der Waals surface area (Å²) in [7, 11) is -2.14. The minimum atomic E-state index is -3.51. The van der Waals surface area contributed by atoms with Crippen molar-refractivity contribution in [1.29, 1.82) is 0 Å². The summed E-state index contributed by atoms with van der Waals surface area (Å²) in [6.07, 6.45) is 0. The predicted molar refractivity (Wildman–Crippen MR) is 100 cm³/mol. The third-order valence-corrected chi connectivity index (χ3v) is 6.15. The predicted octanol–water partition coefficient (Wildman–Crippen LogP) is 2.95. The summed E-state index contributed by atoms with van der Waals surface area (Å²) in [5.41, 5.74) is 0.733. The first-order valence-corrected chi connectivity index (χ1v) is 10.3. The van der Waals surface area contributed by atoms with Gasteiger partial charge in [0.1, 0.15) is 0 Å². The van der Waals surface area contributed by atoms with Gasteiger partial charge in [0.15, 0.2) is 0 Å². The van der Waals surface area contributed by atoms with Gasteiger partial charge in [0.25, 0.3) is 0 Å². The van der Waals surface area contributed by atoms with E-state index in [4.69, 9.17) is 0 Å². The molecule has 136 valence electrons. The molecular formula is C17H23N3O3S2. The quantitative estimate of drug-likeness (QED) is 0.774. The highest BCUT2D eigenvalue weighted by atomic mass is 32.2. The van der Waals surface area contributed by atoms with Crippen LogP contribution >= 0.6 is 11.3 Å². The lowest BCUT2D eigenvalue weighted by Gasteiger charge is -2.24. The summed E-state index contributed by atoms with van der Waals surface area (Å²) < 4.78 is 26.1. The molecule has 0 fully saturated rings. The average molecular weight is 382 g/mol. The number of hydrogen-bond acceptors (Lipinski definition) is 4. The van der Waals surface area contributed by atoms with Crippen LogP contribution in [0.1, 0.15) is 30.3 Å². The first-order chi connectivity index (χ1) is 11.9. The molecule has 0 saturated carbocycles. The van der Waals surface area contributed by atoms with E-state index in [0.29, 0.717) is 13.1 Å². The van der Waals surface area contributed by atoms with E-state index in [1.807, 2.05) is 31.4 Å². The smallest absolute Gasteiger partial charge is 0.318 e. The van der Waals surface area contributed by atoms with Crippen molar-refractivity contribution in [2.45, 2.75) is 31.3 Å². The van der Waals surface area contributed by atoms with Crippen molar-refractivity contribution in [1.82, 2.24) is 14.9 Å². The van der Waals surface area contributed by atoms with Gasteiger partial charge in [-0.1, -0.05) is 18.2 Å². The maximum Gasteiger partial charge on any atom is 0.318 e. The number of sulfonamides is 1. The van der Waals surface area contributed by atoms with E-state index in [0.717, 1.165) is 10.4 Å². The van der Waals surface area contributed by atoms with Crippen LogP contribution in [-0.2, 0) is 16.6 Å². The molecule has 0 spiro atoms. The number of hydrogen-bond donors (Lipinski definition) is 2. The number of rotatable bonds is 7. The third-order valence-electron chi connectivity index (χ3n) is 3.87. The second-order valence-corrected chi connectivity index (χ2v) is 8.46. The second kappa shape index (κ2) is 8.46. The summed E-state index contributed by atoms with van der Waals surface area (Å²) in [6.45, 7) is 4.91. The first-order valence-electron chi connectivity index (χ1n) is 7.98. The van der Waals surface area contributed by atoms with Gasteiger partial charge in [0, 0.05) is 11.4 Å². The molecule has 1 atom stereocenters. The summed E-state index contributed by atoms with van der Waals surface area (Å²) in [5, 5.41) is 4.92. The third kappa shape index (κ3) is 5.04. The molecule has 0 radical (unpaired) electrons. The maximum atomic E-state index is 12.5. The van der Waals surface area contributed by atoms with Gasteiger partial charge in [-0.3, -0.25) is 0 Å². The SMILES string of the molecule is CCN(Cc1cccs1)C(=O)NC(C)c1cccc(S(=O)(=O)NC)c1. The standard InChI is InChI=1S/C17H23N3O3S2/c1-4-20(12-15-8-6-10-24-15)17(21)19-13(2)14-7-5-9-16(11-14)25(22,23)18-3/h5-11,13,18H,4,12H2,1-3H3,(H,19,21). The maximum absolute atomic E-state index is 12.5. The van der Waals surface area contributed by atoms with Gasteiger partial charge in [-0.2, -0.15) is 0 Å². The zero-order valence-electron chi connectivity index (χ0n) is 14.5. The van der Waals surface area contributed by atoms with Gasteiger partial charge >= 0.3 is 6.03 Å². The van der Waals surface area contributed by atoms with Crippen molar-refractivity contribution in [3.63, 3.8) is 0 Å². The lowest BCUT2D eigenvalue weighted by atomic mass is 10.1. The second-order valence-electron chi connectivity index (χ2n) is 5.54. The molecule has 1 aromatic heterocycles. The van der Waals surface area contributed by atoms with Crippen LogP contribution in [0.5, 0.6) is 0 Å². The van der Waals surface area contributed by atoms with Crippen LogP contribution in [-0.4, -0.2) is 32.9 Å². The number of thiophene rings is 1. The summed E-state index contributed by atoms with van der Waals surface area (Å²) in [4.78, 5) is 15.5. The van der Waals surface area contributed by atoms with E-state index >= 15 is 0 Å². The molecule has 2 aromatic rings.